The van der Waals surface area contributed by atoms with E-state index >= 15 is 0 Å². The molecule has 138 valence electrons. The van der Waals surface area contributed by atoms with Crippen molar-refractivity contribution in [3.05, 3.63) is 98.5 Å². The Morgan fingerprint density at radius 3 is 2.37 bits per heavy atom. The monoisotopic (exact) mass is 360 g/mol. The number of carbonyl (C=O) groups is 1. The molecule has 3 rings (SSSR count). The first-order chi connectivity index (χ1) is 12.8. The number of anilines is 1. The average molecular weight is 360 g/mol. The standard InChI is InChI=1S/C23H24N2O2/c1-15-5-6-17(3)20(11-15)14-25-13-19(8-10-22(25)26)23(27)24-21-9-7-16(2)18(4)12-21/h5-13H,14H2,1-4H3,(H,24,27). The van der Waals surface area contributed by atoms with E-state index in [0.717, 1.165) is 27.9 Å². The highest BCUT2D eigenvalue weighted by molar-refractivity contribution is 6.04. The van der Waals surface area contributed by atoms with Crippen LogP contribution >= 0.6 is 0 Å². The fourth-order valence-electron chi connectivity index (χ4n) is 2.97. The van der Waals surface area contributed by atoms with Gasteiger partial charge in [-0.05, 0) is 68.1 Å². The second-order valence-corrected chi connectivity index (χ2v) is 7.07. The largest absolute Gasteiger partial charge is 0.322 e. The Labute approximate surface area is 159 Å². The van der Waals surface area contributed by atoms with Crippen molar-refractivity contribution in [1.29, 1.82) is 0 Å². The Balaban J connectivity index is 1.86. The van der Waals surface area contributed by atoms with Crippen LogP contribution in [0.4, 0.5) is 5.69 Å². The van der Waals surface area contributed by atoms with Gasteiger partial charge < -0.3 is 9.88 Å². The van der Waals surface area contributed by atoms with Crippen LogP contribution in [0.15, 0.2) is 59.5 Å². The Morgan fingerprint density at radius 1 is 0.889 bits per heavy atom. The third kappa shape index (κ3) is 4.34. The Kier molecular flexibility index (Phi) is 5.26. The van der Waals surface area contributed by atoms with Crippen molar-refractivity contribution in [1.82, 2.24) is 4.57 Å². The van der Waals surface area contributed by atoms with Crippen LogP contribution < -0.4 is 10.9 Å². The van der Waals surface area contributed by atoms with Crippen molar-refractivity contribution in [3.8, 4) is 0 Å². The maximum Gasteiger partial charge on any atom is 0.257 e. The molecule has 0 aliphatic rings. The topological polar surface area (TPSA) is 51.1 Å². The summed E-state index contributed by atoms with van der Waals surface area (Å²) in [6, 6.07) is 15.0. The summed E-state index contributed by atoms with van der Waals surface area (Å²) >= 11 is 0. The van der Waals surface area contributed by atoms with Gasteiger partial charge in [0.1, 0.15) is 0 Å². The van der Waals surface area contributed by atoms with Crippen molar-refractivity contribution >= 4 is 11.6 Å². The van der Waals surface area contributed by atoms with Crippen LogP contribution in [0.25, 0.3) is 0 Å². The molecular formula is C23H24N2O2. The first-order valence-corrected chi connectivity index (χ1v) is 8.99. The zero-order valence-corrected chi connectivity index (χ0v) is 16.2. The van der Waals surface area contributed by atoms with Gasteiger partial charge in [0.25, 0.3) is 11.5 Å². The molecule has 1 heterocycles. The lowest BCUT2D eigenvalue weighted by molar-refractivity contribution is 0.102. The molecule has 1 aromatic heterocycles. The fourth-order valence-corrected chi connectivity index (χ4v) is 2.97. The number of benzene rings is 2. The number of pyridine rings is 1. The zero-order valence-electron chi connectivity index (χ0n) is 16.2. The van der Waals surface area contributed by atoms with E-state index in [0.29, 0.717) is 12.1 Å². The summed E-state index contributed by atoms with van der Waals surface area (Å²) in [5, 5.41) is 2.90. The highest BCUT2D eigenvalue weighted by atomic mass is 16.2. The van der Waals surface area contributed by atoms with Crippen LogP contribution in [0.3, 0.4) is 0 Å². The predicted molar refractivity (Wildman–Crippen MR) is 110 cm³/mol. The van der Waals surface area contributed by atoms with E-state index in [1.54, 1.807) is 16.8 Å². The number of nitrogens with one attached hydrogen (secondary N) is 1. The van der Waals surface area contributed by atoms with Crippen LogP contribution in [-0.2, 0) is 6.54 Å². The lowest BCUT2D eigenvalue weighted by Crippen LogP contribution is -2.23. The van der Waals surface area contributed by atoms with Crippen molar-refractivity contribution in [2.24, 2.45) is 0 Å². The molecule has 0 aliphatic carbocycles. The van der Waals surface area contributed by atoms with Gasteiger partial charge in [0, 0.05) is 18.0 Å². The molecule has 0 fully saturated rings. The summed E-state index contributed by atoms with van der Waals surface area (Å²) in [6.07, 6.45) is 1.63. The number of aryl methyl sites for hydroxylation is 4. The van der Waals surface area contributed by atoms with Crippen LogP contribution in [-0.4, -0.2) is 10.5 Å². The molecule has 0 bridgehead atoms. The first kappa shape index (κ1) is 18.6. The van der Waals surface area contributed by atoms with Gasteiger partial charge in [-0.25, -0.2) is 0 Å². The lowest BCUT2D eigenvalue weighted by Gasteiger charge is -2.12. The van der Waals surface area contributed by atoms with Crippen molar-refractivity contribution < 1.29 is 4.79 Å². The van der Waals surface area contributed by atoms with Gasteiger partial charge in [-0.3, -0.25) is 9.59 Å². The van der Waals surface area contributed by atoms with E-state index in [4.69, 9.17) is 0 Å². The molecule has 1 amide bonds. The van der Waals surface area contributed by atoms with Crippen molar-refractivity contribution in [2.75, 3.05) is 5.32 Å². The minimum Gasteiger partial charge on any atom is -0.322 e. The Hall–Kier alpha value is -3.14. The highest BCUT2D eigenvalue weighted by Crippen LogP contribution is 2.16. The van der Waals surface area contributed by atoms with Crippen molar-refractivity contribution in [3.63, 3.8) is 0 Å². The molecule has 1 N–H and O–H groups in total. The van der Waals surface area contributed by atoms with Crippen LogP contribution in [0.2, 0.25) is 0 Å². The average Bonchev–Trinajstić information content (AvgIpc) is 2.63. The molecule has 0 radical (unpaired) electrons. The van der Waals surface area contributed by atoms with Crippen LogP contribution in [0.1, 0.15) is 38.2 Å². The minimum atomic E-state index is -0.229. The second kappa shape index (κ2) is 7.62. The molecule has 2 aromatic carbocycles. The molecular weight excluding hydrogens is 336 g/mol. The van der Waals surface area contributed by atoms with Crippen LogP contribution in [0, 0.1) is 27.7 Å². The SMILES string of the molecule is Cc1ccc(C)c(Cn2cc(C(=O)Nc3ccc(C)c(C)c3)ccc2=O)c1. The van der Waals surface area contributed by atoms with Crippen molar-refractivity contribution in [2.45, 2.75) is 34.2 Å². The Bertz CT molecular complexity index is 1060. The number of nitrogens with zero attached hydrogens (tertiary/aromatic N) is 1. The number of amides is 1. The summed E-state index contributed by atoms with van der Waals surface area (Å²) in [4.78, 5) is 24.9. The van der Waals surface area contributed by atoms with E-state index in [2.05, 4.69) is 17.4 Å². The highest BCUT2D eigenvalue weighted by Gasteiger charge is 2.10. The van der Waals surface area contributed by atoms with E-state index in [1.807, 2.05) is 52.0 Å². The van der Waals surface area contributed by atoms with Gasteiger partial charge in [-0.2, -0.15) is 0 Å². The lowest BCUT2D eigenvalue weighted by atomic mass is 10.1. The third-order valence-corrected chi connectivity index (χ3v) is 4.86. The van der Waals surface area contributed by atoms with Gasteiger partial charge >= 0.3 is 0 Å². The van der Waals surface area contributed by atoms with Crippen LogP contribution in [0.5, 0.6) is 0 Å². The maximum atomic E-state index is 12.6. The number of hydrogen-bond donors (Lipinski definition) is 1. The predicted octanol–water partition coefficient (Wildman–Crippen LogP) is 4.38. The summed E-state index contributed by atoms with van der Waals surface area (Å²) in [6.45, 7) is 8.53. The molecule has 0 saturated heterocycles. The van der Waals surface area contributed by atoms with E-state index < -0.39 is 0 Å². The smallest absolute Gasteiger partial charge is 0.257 e. The molecule has 4 heteroatoms. The van der Waals surface area contributed by atoms with E-state index in [9.17, 15) is 9.59 Å². The summed E-state index contributed by atoms with van der Waals surface area (Å²) in [5.74, 6) is -0.229. The molecule has 0 spiro atoms. The molecule has 3 aromatic rings. The first-order valence-electron chi connectivity index (χ1n) is 8.99. The van der Waals surface area contributed by atoms with Gasteiger partial charge in [0.2, 0.25) is 0 Å². The number of hydrogen-bond acceptors (Lipinski definition) is 2. The molecule has 0 unspecified atom stereocenters. The molecule has 4 nitrogen and oxygen atoms in total. The van der Waals surface area contributed by atoms with Gasteiger partial charge in [0.15, 0.2) is 0 Å². The normalized spacial score (nSPS) is 10.7. The third-order valence-electron chi connectivity index (χ3n) is 4.86. The summed E-state index contributed by atoms with van der Waals surface area (Å²) in [5.41, 5.74) is 6.71. The number of carbonyl (C=O) groups excluding carboxylic acids is 1. The van der Waals surface area contributed by atoms with E-state index in [1.165, 1.54) is 11.6 Å². The van der Waals surface area contributed by atoms with Gasteiger partial charge in [0.05, 0.1) is 12.1 Å². The second-order valence-electron chi connectivity index (χ2n) is 7.07. The molecule has 0 aliphatic heterocycles. The molecule has 27 heavy (non-hydrogen) atoms. The van der Waals surface area contributed by atoms with Gasteiger partial charge in [-0.15, -0.1) is 0 Å². The van der Waals surface area contributed by atoms with Gasteiger partial charge in [-0.1, -0.05) is 29.8 Å². The summed E-state index contributed by atoms with van der Waals surface area (Å²) in [7, 11) is 0. The minimum absolute atomic E-state index is 0.126. The maximum absolute atomic E-state index is 12.6. The fraction of sp³-hybridized carbons (Fsp3) is 0.217. The number of aromatic nitrogens is 1. The molecule has 0 saturated carbocycles. The quantitative estimate of drug-likeness (QED) is 0.750. The Morgan fingerprint density at radius 2 is 1.63 bits per heavy atom. The zero-order chi connectivity index (χ0) is 19.6. The molecule has 0 atom stereocenters. The van der Waals surface area contributed by atoms with E-state index in [-0.39, 0.29) is 11.5 Å². The summed E-state index contributed by atoms with van der Waals surface area (Å²) < 4.78 is 1.58. The number of rotatable bonds is 4.